The van der Waals surface area contributed by atoms with Crippen molar-refractivity contribution in [3.8, 4) is 12.1 Å². The lowest BCUT2D eigenvalue weighted by molar-refractivity contribution is -0.188. The number of benzene rings is 1. The SMILES string of the molecule is COC(=O)C1(C(=O)OC)CC(c2ccccc2)C1(C#N)C#N. The van der Waals surface area contributed by atoms with Crippen LogP contribution in [0.25, 0.3) is 0 Å². The van der Waals surface area contributed by atoms with Gasteiger partial charge < -0.3 is 9.47 Å². The van der Waals surface area contributed by atoms with Gasteiger partial charge in [0.2, 0.25) is 0 Å². The zero-order chi connectivity index (χ0) is 16.4. The molecule has 1 aliphatic rings. The molecule has 0 amide bonds. The molecule has 0 saturated heterocycles. The monoisotopic (exact) mass is 298 g/mol. The first-order valence-corrected chi connectivity index (χ1v) is 6.58. The van der Waals surface area contributed by atoms with Gasteiger partial charge in [-0.25, -0.2) is 0 Å². The van der Waals surface area contributed by atoms with Crippen molar-refractivity contribution in [2.75, 3.05) is 14.2 Å². The van der Waals surface area contributed by atoms with E-state index in [1.165, 1.54) is 0 Å². The standard InChI is InChI=1S/C16H14N2O4/c1-21-13(19)16(14(20)22-2)8-12(15(16,9-17)10-18)11-6-4-3-5-7-11/h3-7,12H,8H2,1-2H3. The van der Waals surface area contributed by atoms with Gasteiger partial charge in [0.15, 0.2) is 10.8 Å². The molecule has 1 atom stereocenters. The molecule has 0 spiro atoms. The molecule has 0 aromatic heterocycles. The molecule has 1 fully saturated rings. The van der Waals surface area contributed by atoms with Gasteiger partial charge >= 0.3 is 11.9 Å². The Kier molecular flexibility index (Phi) is 3.88. The van der Waals surface area contributed by atoms with Crippen LogP contribution in [0.3, 0.4) is 0 Å². The smallest absolute Gasteiger partial charge is 0.326 e. The Morgan fingerprint density at radius 2 is 1.59 bits per heavy atom. The third-order valence-corrected chi connectivity index (χ3v) is 4.33. The summed E-state index contributed by atoms with van der Waals surface area (Å²) in [5.74, 6) is -2.41. The predicted molar refractivity (Wildman–Crippen MR) is 73.9 cm³/mol. The second kappa shape index (κ2) is 5.50. The van der Waals surface area contributed by atoms with Crippen LogP contribution in [0.2, 0.25) is 0 Å². The number of ether oxygens (including phenoxy) is 2. The summed E-state index contributed by atoms with van der Waals surface area (Å²) in [4.78, 5) is 24.4. The normalized spacial score (nSPS) is 20.6. The van der Waals surface area contributed by atoms with Gasteiger partial charge in [0.25, 0.3) is 0 Å². The van der Waals surface area contributed by atoms with Crippen molar-refractivity contribution < 1.29 is 19.1 Å². The van der Waals surface area contributed by atoms with Gasteiger partial charge in [0, 0.05) is 5.92 Å². The number of nitrogens with zero attached hydrogens (tertiary/aromatic N) is 2. The Labute approximate surface area is 127 Å². The number of carbonyl (C=O) groups is 2. The fourth-order valence-electron chi connectivity index (χ4n) is 3.13. The van der Waals surface area contributed by atoms with Crippen molar-refractivity contribution >= 4 is 11.9 Å². The van der Waals surface area contributed by atoms with Gasteiger partial charge in [-0.2, -0.15) is 10.5 Å². The largest absolute Gasteiger partial charge is 0.468 e. The Morgan fingerprint density at radius 1 is 1.09 bits per heavy atom. The summed E-state index contributed by atoms with van der Waals surface area (Å²) in [6.07, 6.45) is -0.00250. The van der Waals surface area contributed by atoms with Crippen molar-refractivity contribution in [1.29, 1.82) is 10.5 Å². The third kappa shape index (κ3) is 1.71. The zero-order valence-electron chi connectivity index (χ0n) is 12.2. The maximum Gasteiger partial charge on any atom is 0.326 e. The highest BCUT2D eigenvalue weighted by molar-refractivity contribution is 6.04. The topological polar surface area (TPSA) is 100 Å². The van der Waals surface area contributed by atoms with Crippen LogP contribution in [0.5, 0.6) is 0 Å². The molecule has 0 radical (unpaired) electrons. The molecule has 1 aromatic carbocycles. The van der Waals surface area contributed by atoms with Crippen molar-refractivity contribution in [2.45, 2.75) is 12.3 Å². The van der Waals surface area contributed by atoms with Crippen molar-refractivity contribution in [3.63, 3.8) is 0 Å². The number of carbonyl (C=O) groups excluding carboxylic acids is 2. The lowest BCUT2D eigenvalue weighted by atomic mass is 9.43. The van der Waals surface area contributed by atoms with E-state index in [2.05, 4.69) is 9.47 Å². The molecule has 1 saturated carbocycles. The molecule has 2 rings (SSSR count). The second-order valence-corrected chi connectivity index (χ2v) is 5.09. The molecule has 1 aromatic rings. The highest BCUT2D eigenvalue weighted by Gasteiger charge is 2.77. The van der Waals surface area contributed by atoms with Crippen molar-refractivity contribution in [1.82, 2.24) is 0 Å². The zero-order valence-corrected chi connectivity index (χ0v) is 12.2. The molecular weight excluding hydrogens is 284 g/mol. The highest BCUT2D eigenvalue weighted by atomic mass is 16.5. The average Bonchev–Trinajstić information content (AvgIpc) is 2.56. The van der Waals surface area contributed by atoms with E-state index in [1.54, 1.807) is 30.3 Å². The van der Waals surface area contributed by atoms with Crippen LogP contribution in [0.4, 0.5) is 0 Å². The van der Waals surface area contributed by atoms with E-state index in [9.17, 15) is 20.1 Å². The van der Waals surface area contributed by atoms with Gasteiger partial charge in [0.1, 0.15) is 0 Å². The number of rotatable bonds is 3. The molecule has 1 unspecified atom stereocenters. The van der Waals surface area contributed by atoms with Crippen LogP contribution in [0.1, 0.15) is 17.9 Å². The maximum atomic E-state index is 12.2. The fourth-order valence-corrected chi connectivity index (χ4v) is 3.13. The first-order valence-electron chi connectivity index (χ1n) is 6.58. The minimum absolute atomic E-state index is 0.00250. The van der Waals surface area contributed by atoms with E-state index in [1.807, 2.05) is 12.1 Å². The summed E-state index contributed by atoms with van der Waals surface area (Å²) in [7, 11) is 2.23. The fraction of sp³-hybridized carbons (Fsp3) is 0.375. The van der Waals surface area contributed by atoms with E-state index in [-0.39, 0.29) is 6.42 Å². The summed E-state index contributed by atoms with van der Waals surface area (Å²) < 4.78 is 9.36. The molecular formula is C16H14N2O4. The van der Waals surface area contributed by atoms with Gasteiger partial charge in [-0.1, -0.05) is 30.3 Å². The predicted octanol–water partition coefficient (Wildman–Crippen LogP) is 1.54. The molecule has 6 nitrogen and oxygen atoms in total. The van der Waals surface area contributed by atoms with Gasteiger partial charge in [-0.05, 0) is 12.0 Å². The minimum atomic E-state index is -1.92. The maximum absolute atomic E-state index is 12.2. The summed E-state index contributed by atoms with van der Waals surface area (Å²) >= 11 is 0. The van der Waals surface area contributed by atoms with E-state index < -0.39 is 28.7 Å². The first kappa shape index (κ1) is 15.5. The summed E-state index contributed by atoms with van der Waals surface area (Å²) in [6.45, 7) is 0. The minimum Gasteiger partial charge on any atom is -0.468 e. The van der Waals surface area contributed by atoms with Crippen LogP contribution >= 0.6 is 0 Å². The molecule has 0 aliphatic heterocycles. The van der Waals surface area contributed by atoms with Gasteiger partial charge in [0.05, 0.1) is 26.4 Å². The average molecular weight is 298 g/mol. The summed E-state index contributed by atoms with van der Waals surface area (Å²) in [5, 5.41) is 19.2. The molecule has 1 aliphatic carbocycles. The molecule has 0 N–H and O–H groups in total. The third-order valence-electron chi connectivity index (χ3n) is 4.33. The summed E-state index contributed by atoms with van der Waals surface area (Å²) in [5.41, 5.74) is -3.05. The molecule has 0 bridgehead atoms. The van der Waals surface area contributed by atoms with Crippen molar-refractivity contribution in [2.24, 2.45) is 10.8 Å². The molecule has 22 heavy (non-hydrogen) atoms. The number of methoxy groups -OCH3 is 2. The molecule has 0 heterocycles. The van der Waals surface area contributed by atoms with E-state index in [0.717, 1.165) is 14.2 Å². The lowest BCUT2D eigenvalue weighted by Crippen LogP contribution is -2.64. The second-order valence-electron chi connectivity index (χ2n) is 5.09. The van der Waals surface area contributed by atoms with E-state index in [4.69, 9.17) is 0 Å². The lowest BCUT2D eigenvalue weighted by Gasteiger charge is -2.52. The summed E-state index contributed by atoms with van der Waals surface area (Å²) in [6, 6.07) is 12.6. The van der Waals surface area contributed by atoms with E-state index in [0.29, 0.717) is 5.56 Å². The Morgan fingerprint density at radius 3 is 2.00 bits per heavy atom. The van der Waals surface area contributed by atoms with Gasteiger partial charge in [-0.15, -0.1) is 0 Å². The first-order chi connectivity index (χ1) is 10.5. The van der Waals surface area contributed by atoms with Crippen molar-refractivity contribution in [3.05, 3.63) is 35.9 Å². The number of hydrogen-bond donors (Lipinski definition) is 0. The molecule has 112 valence electrons. The highest BCUT2D eigenvalue weighted by Crippen LogP contribution is 2.65. The van der Waals surface area contributed by atoms with Crippen LogP contribution in [-0.4, -0.2) is 26.2 Å². The number of esters is 2. The van der Waals surface area contributed by atoms with Crippen LogP contribution < -0.4 is 0 Å². The number of nitriles is 2. The van der Waals surface area contributed by atoms with Crippen LogP contribution in [-0.2, 0) is 19.1 Å². The number of hydrogen-bond acceptors (Lipinski definition) is 6. The van der Waals surface area contributed by atoms with E-state index >= 15 is 0 Å². The van der Waals surface area contributed by atoms with Crippen LogP contribution in [0.15, 0.2) is 30.3 Å². The molecule has 6 heteroatoms. The Balaban J connectivity index is 2.60. The van der Waals surface area contributed by atoms with Gasteiger partial charge in [-0.3, -0.25) is 9.59 Å². The quantitative estimate of drug-likeness (QED) is 0.619. The Hall–Kier alpha value is -2.86. The van der Waals surface area contributed by atoms with Crippen LogP contribution in [0, 0.1) is 33.5 Å². The Bertz CT molecular complexity index is 654.